The molecule has 0 aliphatic carbocycles. The van der Waals surface area contributed by atoms with Crippen LogP contribution in [0, 0.1) is 0 Å². The maximum absolute atomic E-state index is 9.64. The highest BCUT2D eigenvalue weighted by molar-refractivity contribution is 7.12. The van der Waals surface area contributed by atoms with Crippen molar-refractivity contribution in [2.75, 3.05) is 13.2 Å². The van der Waals surface area contributed by atoms with Crippen LogP contribution in [0.25, 0.3) is 5.69 Å². The Morgan fingerprint density at radius 1 is 1.33 bits per heavy atom. The summed E-state index contributed by atoms with van der Waals surface area (Å²) in [6, 6.07) is 4.42. The molecule has 1 N–H and O–H groups in total. The smallest absolute Gasteiger partial charge is 0.136 e. The standard InChI is InChI=1S/C22H27N5O2S/c1-3-19-9-20-21(30-19)4-7-29-22(20)5-6-26(15(2)10-22)13-16-14-27(25-24-16)17-8-18(28)12-23-11-17/h8-9,11-12,14-15,28H,3-7,10,13H2,1-2H3/t15-,22?/m0/s1. The monoisotopic (exact) mass is 425 g/mol. The lowest BCUT2D eigenvalue weighted by Gasteiger charge is -2.47. The van der Waals surface area contributed by atoms with Crippen molar-refractivity contribution in [1.29, 1.82) is 0 Å². The first kappa shape index (κ1) is 19.7. The van der Waals surface area contributed by atoms with Gasteiger partial charge in [-0.15, -0.1) is 16.4 Å². The van der Waals surface area contributed by atoms with Gasteiger partial charge in [0.25, 0.3) is 0 Å². The SMILES string of the molecule is CCc1cc2c(s1)CCOC21CCN(Cc2cn(-c3cncc(O)c3)nn2)[C@@H](C)C1. The van der Waals surface area contributed by atoms with E-state index in [1.165, 1.54) is 21.5 Å². The minimum absolute atomic E-state index is 0.117. The number of hydrogen-bond acceptors (Lipinski definition) is 7. The molecule has 7 nitrogen and oxygen atoms in total. The molecule has 2 aliphatic heterocycles. The summed E-state index contributed by atoms with van der Waals surface area (Å²) in [5.74, 6) is 0.117. The predicted octanol–water partition coefficient (Wildman–Crippen LogP) is 3.44. The largest absolute Gasteiger partial charge is 0.506 e. The first-order chi connectivity index (χ1) is 14.6. The van der Waals surface area contributed by atoms with Gasteiger partial charge in [0.2, 0.25) is 0 Å². The van der Waals surface area contributed by atoms with E-state index in [1.807, 2.05) is 17.5 Å². The number of thiophene rings is 1. The van der Waals surface area contributed by atoms with Gasteiger partial charge in [0.1, 0.15) is 5.75 Å². The maximum Gasteiger partial charge on any atom is 0.136 e. The van der Waals surface area contributed by atoms with E-state index in [1.54, 1.807) is 16.9 Å². The third-order valence-corrected chi connectivity index (χ3v) is 7.68. The lowest BCUT2D eigenvalue weighted by Crippen LogP contribution is -2.50. The van der Waals surface area contributed by atoms with E-state index in [2.05, 4.69) is 40.1 Å². The molecule has 0 aromatic carbocycles. The highest BCUT2D eigenvalue weighted by Gasteiger charge is 2.44. The molecule has 1 spiro atoms. The molecular formula is C22H27N5O2S. The number of rotatable bonds is 4. The molecule has 0 radical (unpaired) electrons. The van der Waals surface area contributed by atoms with Crippen molar-refractivity contribution in [2.24, 2.45) is 0 Å². The summed E-state index contributed by atoms with van der Waals surface area (Å²) in [5.41, 5.74) is 2.93. The number of aryl methyl sites for hydroxylation is 1. The second-order valence-corrected chi connectivity index (χ2v) is 9.55. The van der Waals surface area contributed by atoms with Gasteiger partial charge in [0.05, 0.1) is 42.2 Å². The fraction of sp³-hybridized carbons (Fsp3) is 0.500. The molecule has 3 aromatic rings. The molecule has 2 aliphatic rings. The Labute approximate surface area is 180 Å². The molecule has 0 amide bonds. The Morgan fingerprint density at radius 2 is 2.23 bits per heavy atom. The Balaban J connectivity index is 1.30. The number of nitrogens with zero attached hydrogens (tertiary/aromatic N) is 5. The zero-order chi connectivity index (χ0) is 20.7. The van der Waals surface area contributed by atoms with Crippen molar-refractivity contribution in [3.63, 3.8) is 0 Å². The average Bonchev–Trinajstić information content (AvgIpc) is 3.38. The summed E-state index contributed by atoms with van der Waals surface area (Å²) in [7, 11) is 0. The molecule has 2 atom stereocenters. The Hall–Kier alpha value is -2.29. The zero-order valence-electron chi connectivity index (χ0n) is 17.4. The summed E-state index contributed by atoms with van der Waals surface area (Å²) >= 11 is 1.97. The van der Waals surface area contributed by atoms with E-state index >= 15 is 0 Å². The zero-order valence-corrected chi connectivity index (χ0v) is 18.2. The highest BCUT2D eigenvalue weighted by atomic mass is 32.1. The molecule has 8 heteroatoms. The van der Waals surface area contributed by atoms with E-state index in [4.69, 9.17) is 4.74 Å². The van der Waals surface area contributed by atoms with Gasteiger partial charge in [-0.2, -0.15) is 0 Å². The summed E-state index contributed by atoms with van der Waals surface area (Å²) in [6.45, 7) is 7.07. The van der Waals surface area contributed by atoms with Gasteiger partial charge in [0, 0.05) is 41.4 Å². The van der Waals surface area contributed by atoms with Gasteiger partial charge < -0.3 is 9.84 Å². The molecule has 1 fully saturated rings. The lowest BCUT2D eigenvalue weighted by atomic mass is 9.79. The van der Waals surface area contributed by atoms with Crippen molar-refractivity contribution in [1.82, 2.24) is 24.9 Å². The number of hydrogen-bond donors (Lipinski definition) is 1. The van der Waals surface area contributed by atoms with Crippen LogP contribution in [0.4, 0.5) is 0 Å². The van der Waals surface area contributed by atoms with E-state index in [9.17, 15) is 5.11 Å². The van der Waals surface area contributed by atoms with Crippen LogP contribution in [0.15, 0.2) is 30.7 Å². The molecule has 5 heterocycles. The number of ether oxygens (including phenoxy) is 1. The summed E-state index contributed by atoms with van der Waals surface area (Å²) in [4.78, 5) is 9.47. The number of aromatic hydroxyl groups is 1. The molecule has 1 unspecified atom stereocenters. The van der Waals surface area contributed by atoms with E-state index in [0.717, 1.165) is 51.1 Å². The van der Waals surface area contributed by atoms with Crippen molar-refractivity contribution in [2.45, 2.75) is 57.7 Å². The van der Waals surface area contributed by atoms with E-state index in [-0.39, 0.29) is 11.4 Å². The first-order valence-electron chi connectivity index (χ1n) is 10.6. The van der Waals surface area contributed by atoms with Crippen LogP contribution in [0.1, 0.15) is 47.7 Å². The Bertz CT molecular complexity index is 1050. The Morgan fingerprint density at radius 3 is 3.03 bits per heavy atom. The number of pyridine rings is 1. The average molecular weight is 426 g/mol. The maximum atomic E-state index is 9.64. The van der Waals surface area contributed by atoms with Crippen LogP contribution in [-0.2, 0) is 29.7 Å². The van der Waals surface area contributed by atoms with Gasteiger partial charge in [-0.3, -0.25) is 9.88 Å². The van der Waals surface area contributed by atoms with Gasteiger partial charge in [0.15, 0.2) is 0 Å². The van der Waals surface area contributed by atoms with Gasteiger partial charge in [-0.05, 0) is 37.8 Å². The molecule has 30 heavy (non-hydrogen) atoms. The molecule has 0 bridgehead atoms. The fourth-order valence-electron chi connectivity index (χ4n) is 4.76. The van der Waals surface area contributed by atoms with Crippen molar-refractivity contribution in [3.05, 3.63) is 51.7 Å². The summed E-state index contributed by atoms with van der Waals surface area (Å²) < 4.78 is 8.11. The van der Waals surface area contributed by atoms with Crippen molar-refractivity contribution < 1.29 is 9.84 Å². The van der Waals surface area contributed by atoms with Crippen LogP contribution < -0.4 is 0 Å². The number of fused-ring (bicyclic) bond motifs is 2. The van der Waals surface area contributed by atoms with Gasteiger partial charge in [-0.1, -0.05) is 12.1 Å². The molecule has 3 aromatic heterocycles. The molecule has 158 valence electrons. The van der Waals surface area contributed by atoms with Crippen LogP contribution >= 0.6 is 11.3 Å². The molecular weight excluding hydrogens is 398 g/mol. The predicted molar refractivity (Wildman–Crippen MR) is 115 cm³/mol. The summed E-state index contributed by atoms with van der Waals surface area (Å²) in [6.07, 6.45) is 9.14. The quantitative estimate of drug-likeness (QED) is 0.690. The molecule has 5 rings (SSSR count). The van der Waals surface area contributed by atoms with E-state index < -0.39 is 0 Å². The fourth-order valence-corrected chi connectivity index (χ4v) is 5.93. The van der Waals surface area contributed by atoms with E-state index in [0.29, 0.717) is 11.7 Å². The first-order valence-corrected chi connectivity index (χ1v) is 11.4. The minimum Gasteiger partial charge on any atom is -0.506 e. The second-order valence-electron chi connectivity index (χ2n) is 8.33. The third kappa shape index (κ3) is 3.53. The van der Waals surface area contributed by atoms with Gasteiger partial charge >= 0.3 is 0 Å². The normalized spacial score (nSPS) is 24.3. The lowest BCUT2D eigenvalue weighted by molar-refractivity contribution is -0.112. The van der Waals surface area contributed by atoms with Gasteiger partial charge in [-0.25, -0.2) is 4.68 Å². The van der Waals surface area contributed by atoms with Crippen LogP contribution in [0.2, 0.25) is 0 Å². The van der Waals surface area contributed by atoms with Crippen molar-refractivity contribution in [3.8, 4) is 11.4 Å². The second kappa shape index (κ2) is 7.76. The molecule has 0 saturated carbocycles. The van der Waals surface area contributed by atoms with Crippen molar-refractivity contribution >= 4 is 11.3 Å². The topological polar surface area (TPSA) is 76.3 Å². The van der Waals surface area contributed by atoms with Crippen LogP contribution in [0.3, 0.4) is 0 Å². The Kier molecular flexibility index (Phi) is 5.08. The minimum atomic E-state index is -0.127. The van der Waals surface area contributed by atoms with Crippen LogP contribution in [0.5, 0.6) is 5.75 Å². The molecule has 1 saturated heterocycles. The highest BCUT2D eigenvalue weighted by Crippen LogP contribution is 2.46. The number of aromatic nitrogens is 4. The summed E-state index contributed by atoms with van der Waals surface area (Å²) in [5, 5.41) is 18.2. The van der Waals surface area contributed by atoms with Crippen LogP contribution in [-0.4, -0.2) is 49.2 Å². The number of piperidine rings is 1. The number of likely N-dealkylation sites (tertiary alicyclic amines) is 1. The third-order valence-electron chi connectivity index (χ3n) is 6.34.